The summed E-state index contributed by atoms with van der Waals surface area (Å²) in [4.78, 5) is 115. The standard InChI is InChI=1S/2C6H10ClNO3.C6H8ClNO2.3C6H9N3O3.2ClH.N2.H2O/c7-3-6(11)2-1-4(8-6)5(9)10;7-3-4(9)1-2-5(8)6(10)11;7-3-4-1-2-5(8-4)6(9)10;3*7-5(6(11)12)2-1-4(10)3-9-8;;;1-2;/h4,8,11H,1-3H2,(H,9,10);5H,1-3,8H2,(H,10,11);5H,1-3H2,(H,9,10);5H,1-3,7H2;2*3,5H,1-2,7H2,(H,11,12);2*1H;;1H2/t4-,6?;5*5-;;;;/m000000..../s1. The lowest BCUT2D eigenvalue weighted by molar-refractivity contribution is -0.140. The summed E-state index contributed by atoms with van der Waals surface area (Å²) in [5.74, 6) is -7.40. The first-order valence-corrected chi connectivity index (χ1v) is 21.3. The molecule has 18 N–H and O–H groups in total. The number of carboxylic acids is 6. The summed E-state index contributed by atoms with van der Waals surface area (Å²) < 4.78 is 0. The molecule has 7 atom stereocenters. The number of nitrogens with two attached hydrogens (primary N) is 4. The van der Waals surface area contributed by atoms with Gasteiger partial charge in [-0.15, -0.1) is 47.2 Å². The molecule has 0 radical (unpaired) electrons. The minimum atomic E-state index is -1.18. The molecule has 2 aliphatic heterocycles. The van der Waals surface area contributed by atoms with Crippen LogP contribution in [0.2, 0.25) is 0 Å². The number of Topliss-reactive ketones (excluding diaryl/α,β-unsaturated/α-hetero) is 4. The summed E-state index contributed by atoms with van der Waals surface area (Å²) in [6.07, 6.45) is 4.02. The van der Waals surface area contributed by atoms with Crippen LogP contribution in [-0.4, -0.2) is 194 Å². The molecule has 0 amide bonds. The van der Waals surface area contributed by atoms with Gasteiger partial charge in [0.2, 0.25) is 22.7 Å². The molecule has 73 heavy (non-hydrogen) atoms. The zero-order valence-electron chi connectivity index (χ0n) is 38.4. The quantitative estimate of drug-likeness (QED) is 0.0142. The fourth-order valence-electron chi connectivity index (χ4n) is 4.28. The highest BCUT2D eigenvalue weighted by atomic mass is 35.5. The third kappa shape index (κ3) is 49.3. The predicted octanol–water partition coefficient (Wildman–Crippen LogP) is -5.02. The number of carbonyl (C=O) groups is 10. The number of ketones is 4. The summed E-state index contributed by atoms with van der Waals surface area (Å²) in [6, 6.07) is -5.25. The molecule has 37 heteroatoms. The number of diazo groups is 1. The van der Waals surface area contributed by atoms with Crippen molar-refractivity contribution in [1.82, 2.24) is 5.32 Å². The van der Waals surface area contributed by atoms with Gasteiger partial charge in [0.25, 0.3) is 0 Å². The molecule has 1 fully saturated rings. The third-order valence-electron chi connectivity index (χ3n) is 8.23. The van der Waals surface area contributed by atoms with E-state index < -0.39 is 89.4 Å². The van der Waals surface area contributed by atoms with Crippen LogP contribution in [-0.2, 0) is 47.9 Å². The average Bonchev–Trinajstić information content (AvgIpc) is 3.98. The summed E-state index contributed by atoms with van der Waals surface area (Å²) in [5.41, 5.74) is 35.9. The van der Waals surface area contributed by atoms with E-state index in [1.807, 2.05) is 0 Å². The summed E-state index contributed by atoms with van der Waals surface area (Å²) >= 11 is 16.0. The molecular weight excluding hydrogens is 1090 g/mol. The van der Waals surface area contributed by atoms with Crippen molar-refractivity contribution in [3.05, 3.63) is 16.0 Å². The zero-order chi connectivity index (χ0) is 55.6. The molecule has 0 aromatic heterocycles. The topological polar surface area (TPSA) is 621 Å². The molecule has 0 spiro atoms. The monoisotopic (exact) mass is 1150 g/mol. The Kier molecular flexibility index (Phi) is 58.4. The van der Waals surface area contributed by atoms with Crippen LogP contribution < -0.4 is 40.7 Å². The van der Waals surface area contributed by atoms with Gasteiger partial charge in [0.05, 0.1) is 17.6 Å². The molecule has 2 rings (SSSR count). The van der Waals surface area contributed by atoms with Gasteiger partial charge in [-0.1, -0.05) is 0 Å². The van der Waals surface area contributed by atoms with Crippen LogP contribution in [0.1, 0.15) is 77.0 Å². The van der Waals surface area contributed by atoms with E-state index in [-0.39, 0.29) is 112 Å². The van der Waals surface area contributed by atoms with Crippen molar-refractivity contribution in [2.24, 2.45) is 27.9 Å². The molecule has 0 bridgehead atoms. The Hall–Kier alpha value is -6.06. The van der Waals surface area contributed by atoms with Gasteiger partial charge < -0.3 is 87.6 Å². The van der Waals surface area contributed by atoms with Crippen molar-refractivity contribution in [2.75, 3.05) is 24.2 Å². The van der Waals surface area contributed by atoms with Crippen LogP contribution in [0.15, 0.2) is 4.99 Å². The Balaban J connectivity index is -0.000000114. The highest BCUT2D eigenvalue weighted by Crippen LogP contribution is 2.22. The number of aliphatic imine (C=N–C) groups is 1. The minimum absolute atomic E-state index is 0. The van der Waals surface area contributed by atoms with Crippen molar-refractivity contribution >= 4 is 124 Å². The SMILES string of the molecule is Cl.N#N.N#[N+]CC(=O)CC[C@H](N)C(=O)O.N[C@@H](CCC(=O)CCl)C(=O)O.O.O=C(O)[C@@H]1CCC(CCl)=N1.O=C(O)[C@@H]1CCC(O)(CCl)N1.[Cl-].[N-]=[N+]=CC(=O)CC[C@H](N)C(=O)O.[N-]=[N+]=CC(=O)CC[C@H](N)C(=O)O. The van der Waals surface area contributed by atoms with E-state index in [2.05, 4.69) is 24.9 Å². The van der Waals surface area contributed by atoms with E-state index in [0.29, 0.717) is 37.6 Å². The predicted molar refractivity (Wildman–Crippen MR) is 252 cm³/mol. The lowest BCUT2D eigenvalue weighted by atomic mass is 10.1. The maximum Gasteiger partial charge on any atom is 0.362 e. The van der Waals surface area contributed by atoms with E-state index in [1.54, 1.807) is 0 Å². The molecular formula is C36H59Cl5N14O18. The first-order chi connectivity index (χ1) is 32.6. The Morgan fingerprint density at radius 3 is 1.30 bits per heavy atom. The van der Waals surface area contributed by atoms with E-state index >= 15 is 0 Å². The van der Waals surface area contributed by atoms with Gasteiger partial charge in [-0.25, -0.2) is 4.79 Å². The third-order valence-corrected chi connectivity index (χ3v) is 9.28. The number of carbonyl (C=O) groups excluding carboxylic acids is 4. The van der Waals surface area contributed by atoms with Crippen LogP contribution in [0.5, 0.6) is 0 Å². The van der Waals surface area contributed by atoms with Crippen LogP contribution in [0.3, 0.4) is 0 Å². The molecule has 0 aliphatic carbocycles. The Morgan fingerprint density at radius 1 is 0.699 bits per heavy atom. The van der Waals surface area contributed by atoms with Crippen molar-refractivity contribution in [3.8, 4) is 0 Å². The lowest BCUT2D eigenvalue weighted by Gasteiger charge is -2.19. The van der Waals surface area contributed by atoms with Crippen LogP contribution in [0, 0.1) is 16.2 Å². The smallest absolute Gasteiger partial charge is 0.362 e. The number of alkyl halides is 3. The summed E-state index contributed by atoms with van der Waals surface area (Å²) in [7, 11) is 0. The zero-order valence-corrected chi connectivity index (χ0v) is 42.2. The molecule has 2 heterocycles. The van der Waals surface area contributed by atoms with E-state index in [4.69, 9.17) is 116 Å². The second kappa shape index (κ2) is 50.9. The van der Waals surface area contributed by atoms with Gasteiger partial charge in [-0.2, -0.15) is 9.58 Å². The van der Waals surface area contributed by atoms with Crippen LogP contribution in [0.25, 0.3) is 16.0 Å². The maximum absolute atomic E-state index is 10.7. The number of rotatable bonds is 24. The van der Waals surface area contributed by atoms with Crippen molar-refractivity contribution in [3.63, 3.8) is 0 Å². The highest BCUT2D eigenvalue weighted by molar-refractivity contribution is 6.29. The average molecular weight is 1150 g/mol. The summed E-state index contributed by atoms with van der Waals surface area (Å²) in [6.45, 7) is -0.299. The fraction of sp³-hybridized carbons (Fsp3) is 0.639. The highest BCUT2D eigenvalue weighted by Gasteiger charge is 2.38. The Labute approximate surface area is 442 Å². The maximum atomic E-state index is 10.7. The summed E-state index contributed by atoms with van der Waals surface area (Å²) in [5, 5.41) is 82.1. The van der Waals surface area contributed by atoms with Crippen LogP contribution in [0.4, 0.5) is 0 Å². The van der Waals surface area contributed by atoms with Crippen molar-refractivity contribution in [1.29, 1.82) is 16.2 Å². The van der Waals surface area contributed by atoms with E-state index in [0.717, 1.165) is 12.1 Å². The lowest BCUT2D eigenvalue weighted by Crippen LogP contribution is -3.00. The largest absolute Gasteiger partial charge is 1.00 e. The van der Waals surface area contributed by atoms with Gasteiger partial charge in [-0.05, 0) is 51.4 Å². The van der Waals surface area contributed by atoms with Gasteiger partial charge in [0, 0.05) is 42.2 Å². The molecule has 416 valence electrons. The number of hydrogen-bond donors (Lipinski definition) is 12. The first-order valence-electron chi connectivity index (χ1n) is 19.7. The molecule has 2 aliphatic rings. The molecule has 1 saturated heterocycles. The number of halogens is 5. The number of aliphatic carboxylic acids is 6. The number of hydrogen-bond acceptors (Lipinski definition) is 20. The number of nitrogens with zero attached hydrogens (tertiary/aromatic N) is 9. The van der Waals surface area contributed by atoms with E-state index in [9.17, 15) is 53.1 Å². The second-order valence-corrected chi connectivity index (χ2v) is 14.6. The van der Waals surface area contributed by atoms with Crippen molar-refractivity contribution in [2.45, 2.75) is 119 Å². The van der Waals surface area contributed by atoms with Gasteiger partial charge in [0.1, 0.15) is 52.7 Å². The normalized spacial score (nSPS) is 16.6. The van der Waals surface area contributed by atoms with E-state index in [1.165, 1.54) is 0 Å². The van der Waals surface area contributed by atoms with Crippen LogP contribution >= 0.6 is 47.2 Å². The fourth-order valence-corrected chi connectivity index (χ4v) is 4.83. The first kappa shape index (κ1) is 83.8. The van der Waals surface area contributed by atoms with Crippen molar-refractivity contribution < 1.29 is 111 Å². The molecule has 0 saturated carbocycles. The number of carboxylic acid groups (broad SMARTS) is 6. The van der Waals surface area contributed by atoms with Gasteiger partial charge >= 0.3 is 54.8 Å². The number of aliphatic hydroxyl groups is 1. The Morgan fingerprint density at radius 2 is 1.07 bits per heavy atom. The number of nitrogens with one attached hydrogen (secondary N) is 1. The van der Waals surface area contributed by atoms with Gasteiger partial charge in [0.15, 0.2) is 0 Å². The molecule has 0 aromatic carbocycles. The molecule has 32 nitrogen and oxygen atoms in total. The van der Waals surface area contributed by atoms with Gasteiger partial charge in [-0.3, -0.25) is 53.5 Å². The minimum Gasteiger partial charge on any atom is -1.00 e. The molecule has 1 unspecified atom stereocenters. The Bertz CT molecular complexity index is 1890. The second-order valence-electron chi connectivity index (χ2n) is 13.8. The molecule has 0 aromatic rings.